The summed E-state index contributed by atoms with van der Waals surface area (Å²) in [6.45, 7) is 0.551. The lowest BCUT2D eigenvalue weighted by Gasteiger charge is -2.16. The van der Waals surface area contributed by atoms with E-state index in [1.165, 1.54) is 19.2 Å². The number of carbonyl (C=O) groups is 3. The molecule has 30 heavy (non-hydrogen) atoms. The number of hydrogen-bond donors (Lipinski definition) is 3. The molecule has 0 aliphatic carbocycles. The van der Waals surface area contributed by atoms with Crippen LogP contribution in [-0.4, -0.2) is 43.2 Å². The largest absolute Gasteiger partial charge is 0.491 e. The molecule has 0 aliphatic heterocycles. The van der Waals surface area contributed by atoms with E-state index in [9.17, 15) is 14.4 Å². The second kappa shape index (κ2) is 11.2. The van der Waals surface area contributed by atoms with Crippen molar-refractivity contribution >= 4 is 51.7 Å². The van der Waals surface area contributed by atoms with Crippen molar-refractivity contribution in [2.45, 2.75) is 6.42 Å². The number of halogens is 1. The zero-order valence-corrected chi connectivity index (χ0v) is 18.2. The van der Waals surface area contributed by atoms with E-state index >= 15 is 0 Å². The number of carboxylic acid groups (broad SMARTS) is 1. The van der Waals surface area contributed by atoms with Crippen LogP contribution in [0.25, 0.3) is 0 Å². The Balaban J connectivity index is 2.25. The highest BCUT2D eigenvalue weighted by Crippen LogP contribution is 2.32. The first-order chi connectivity index (χ1) is 14.3. The molecule has 0 heterocycles. The highest BCUT2D eigenvalue weighted by molar-refractivity contribution is 14.1. The van der Waals surface area contributed by atoms with Crippen molar-refractivity contribution in [3.8, 4) is 18.1 Å². The monoisotopic (exact) mass is 522 g/mol. The van der Waals surface area contributed by atoms with Crippen molar-refractivity contribution in [1.29, 1.82) is 0 Å². The molecule has 2 amide bonds. The van der Waals surface area contributed by atoms with E-state index in [0.717, 1.165) is 3.57 Å². The Bertz CT molecular complexity index is 999. The van der Waals surface area contributed by atoms with Gasteiger partial charge in [0.25, 0.3) is 0 Å². The van der Waals surface area contributed by atoms with E-state index in [-0.39, 0.29) is 29.3 Å². The SMILES string of the molecule is C#Cc1cc(OCCOC)cc(NC(=O)O)c1NC(=O)CC(=O)c1cccc(I)c1. The summed E-state index contributed by atoms with van der Waals surface area (Å²) in [5, 5.41) is 13.8. The molecule has 0 unspecified atom stereocenters. The fraction of sp³-hybridized carbons (Fsp3) is 0.190. The normalized spacial score (nSPS) is 10.0. The number of carbonyl (C=O) groups excluding carboxylic acids is 2. The third-order valence-electron chi connectivity index (χ3n) is 3.80. The number of ether oxygens (including phenoxy) is 2. The third kappa shape index (κ3) is 6.75. The van der Waals surface area contributed by atoms with Gasteiger partial charge in [0.2, 0.25) is 5.91 Å². The van der Waals surface area contributed by atoms with Crippen molar-refractivity contribution in [3.63, 3.8) is 0 Å². The molecule has 0 atom stereocenters. The topological polar surface area (TPSA) is 114 Å². The Morgan fingerprint density at radius 1 is 1.17 bits per heavy atom. The number of amides is 2. The maximum absolute atomic E-state index is 12.5. The lowest BCUT2D eigenvalue weighted by molar-refractivity contribution is -0.115. The van der Waals surface area contributed by atoms with E-state index in [1.54, 1.807) is 18.2 Å². The van der Waals surface area contributed by atoms with Crippen molar-refractivity contribution < 1.29 is 29.0 Å². The quantitative estimate of drug-likeness (QED) is 0.153. The summed E-state index contributed by atoms with van der Waals surface area (Å²) in [6.07, 6.45) is 3.76. The molecule has 0 spiro atoms. The number of methoxy groups -OCH3 is 1. The second-order valence-corrected chi connectivity index (χ2v) is 7.21. The lowest BCUT2D eigenvalue weighted by atomic mass is 10.1. The molecule has 0 saturated carbocycles. The number of anilines is 2. The summed E-state index contributed by atoms with van der Waals surface area (Å²) in [6, 6.07) is 9.72. The Labute approximate surface area is 187 Å². The summed E-state index contributed by atoms with van der Waals surface area (Å²) in [4.78, 5) is 36.0. The van der Waals surface area contributed by atoms with Crippen molar-refractivity contribution in [3.05, 3.63) is 51.1 Å². The van der Waals surface area contributed by atoms with Gasteiger partial charge in [0.15, 0.2) is 5.78 Å². The summed E-state index contributed by atoms with van der Waals surface area (Å²) < 4.78 is 11.3. The molecule has 0 saturated heterocycles. The zero-order chi connectivity index (χ0) is 22.1. The first-order valence-electron chi connectivity index (χ1n) is 8.69. The van der Waals surface area contributed by atoms with Gasteiger partial charge in [-0.3, -0.25) is 14.9 Å². The molecule has 8 nitrogen and oxygen atoms in total. The zero-order valence-electron chi connectivity index (χ0n) is 16.0. The maximum atomic E-state index is 12.5. The predicted molar refractivity (Wildman–Crippen MR) is 120 cm³/mol. The molecule has 2 aromatic carbocycles. The Morgan fingerprint density at radius 2 is 1.93 bits per heavy atom. The van der Waals surface area contributed by atoms with Crippen LogP contribution < -0.4 is 15.4 Å². The van der Waals surface area contributed by atoms with Crippen LogP contribution >= 0.6 is 22.6 Å². The average Bonchev–Trinajstić information content (AvgIpc) is 2.69. The number of hydrogen-bond acceptors (Lipinski definition) is 5. The number of terminal acetylenes is 1. The second-order valence-electron chi connectivity index (χ2n) is 5.97. The molecule has 9 heteroatoms. The van der Waals surface area contributed by atoms with E-state index < -0.39 is 18.4 Å². The molecule has 156 valence electrons. The van der Waals surface area contributed by atoms with E-state index in [0.29, 0.717) is 17.9 Å². The van der Waals surface area contributed by atoms with Crippen LogP contribution in [0.1, 0.15) is 22.3 Å². The first kappa shape index (κ1) is 23.2. The highest BCUT2D eigenvalue weighted by atomic mass is 127. The number of Topliss-reactive ketones (excluding diaryl/α,β-unsaturated/α-hetero) is 1. The number of rotatable bonds is 9. The van der Waals surface area contributed by atoms with Crippen LogP contribution in [0.2, 0.25) is 0 Å². The molecule has 3 N–H and O–H groups in total. The number of ketones is 1. The van der Waals surface area contributed by atoms with E-state index in [4.69, 9.17) is 21.0 Å². The fourth-order valence-corrected chi connectivity index (χ4v) is 3.04. The average molecular weight is 522 g/mol. The minimum absolute atomic E-state index is 0.0282. The van der Waals surface area contributed by atoms with Gasteiger partial charge >= 0.3 is 6.09 Å². The Kier molecular flexibility index (Phi) is 8.64. The molecular weight excluding hydrogens is 503 g/mol. The minimum Gasteiger partial charge on any atom is -0.491 e. The van der Waals surface area contributed by atoms with Crippen LogP contribution in [0.5, 0.6) is 5.75 Å². The summed E-state index contributed by atoms with van der Waals surface area (Å²) in [5.74, 6) is 1.69. The number of benzene rings is 2. The van der Waals surface area contributed by atoms with Crippen molar-refractivity contribution in [2.75, 3.05) is 31.0 Å². The van der Waals surface area contributed by atoms with Crippen LogP contribution in [0.3, 0.4) is 0 Å². The van der Waals surface area contributed by atoms with Gasteiger partial charge in [0, 0.05) is 22.3 Å². The molecule has 0 fully saturated rings. The van der Waals surface area contributed by atoms with Crippen molar-refractivity contribution in [2.24, 2.45) is 0 Å². The Morgan fingerprint density at radius 3 is 2.57 bits per heavy atom. The smallest absolute Gasteiger partial charge is 0.409 e. The third-order valence-corrected chi connectivity index (χ3v) is 4.47. The first-order valence-corrected chi connectivity index (χ1v) is 9.77. The molecular formula is C21H19IN2O6. The van der Waals surface area contributed by atoms with Gasteiger partial charge in [-0.25, -0.2) is 4.79 Å². The van der Waals surface area contributed by atoms with Gasteiger partial charge in [0.1, 0.15) is 12.4 Å². The summed E-state index contributed by atoms with van der Waals surface area (Å²) in [7, 11) is 1.52. The van der Waals surface area contributed by atoms with Gasteiger partial charge < -0.3 is 19.9 Å². The van der Waals surface area contributed by atoms with Gasteiger partial charge in [-0.15, -0.1) is 6.42 Å². The molecule has 0 radical (unpaired) electrons. The fourth-order valence-electron chi connectivity index (χ4n) is 2.50. The van der Waals surface area contributed by atoms with Gasteiger partial charge in [-0.1, -0.05) is 18.1 Å². The summed E-state index contributed by atoms with van der Waals surface area (Å²) >= 11 is 2.07. The van der Waals surface area contributed by atoms with Crippen LogP contribution in [-0.2, 0) is 9.53 Å². The predicted octanol–water partition coefficient (Wildman–Crippen LogP) is 3.60. The summed E-state index contributed by atoms with van der Waals surface area (Å²) in [5.41, 5.74) is 0.698. The van der Waals surface area contributed by atoms with Crippen LogP contribution in [0, 0.1) is 15.9 Å². The van der Waals surface area contributed by atoms with Crippen LogP contribution in [0.15, 0.2) is 36.4 Å². The maximum Gasteiger partial charge on any atom is 0.409 e. The Hall–Kier alpha value is -3.10. The van der Waals surface area contributed by atoms with E-state index in [2.05, 4.69) is 39.1 Å². The molecule has 0 aliphatic rings. The van der Waals surface area contributed by atoms with Gasteiger partial charge in [-0.2, -0.15) is 0 Å². The van der Waals surface area contributed by atoms with Crippen LogP contribution in [0.4, 0.5) is 16.2 Å². The van der Waals surface area contributed by atoms with Gasteiger partial charge in [0.05, 0.1) is 30.0 Å². The molecule has 0 bridgehead atoms. The molecule has 0 aromatic heterocycles. The molecule has 2 aromatic rings. The molecule has 2 rings (SSSR count). The lowest BCUT2D eigenvalue weighted by Crippen LogP contribution is -2.19. The number of nitrogens with one attached hydrogen (secondary N) is 2. The van der Waals surface area contributed by atoms with E-state index in [1.807, 2.05) is 6.07 Å². The standard InChI is InChI=1S/C21H19IN2O6/c1-3-13-10-16(30-8-7-29-2)11-17(23-21(27)28)20(13)24-19(26)12-18(25)14-5-4-6-15(22)9-14/h1,4-6,9-11,23H,7-8,12H2,2H3,(H,24,26)(H,27,28). The minimum atomic E-state index is -1.35. The van der Waals surface area contributed by atoms with Crippen molar-refractivity contribution in [1.82, 2.24) is 0 Å². The van der Waals surface area contributed by atoms with Gasteiger partial charge in [-0.05, 0) is 40.8 Å². The highest BCUT2D eigenvalue weighted by Gasteiger charge is 2.18.